The van der Waals surface area contributed by atoms with Crippen molar-refractivity contribution in [2.75, 3.05) is 0 Å². The van der Waals surface area contributed by atoms with E-state index in [1.165, 1.54) is 23.1 Å². The third kappa shape index (κ3) is 0.754. The van der Waals surface area contributed by atoms with Crippen molar-refractivity contribution in [3.05, 3.63) is 18.7 Å². The number of hydrogen-bond acceptors (Lipinski definition) is 4. The minimum atomic E-state index is 0.394. The molecule has 54 valence electrons. The second kappa shape index (κ2) is 2.07. The van der Waals surface area contributed by atoms with Crippen molar-refractivity contribution in [3.8, 4) is 0 Å². The van der Waals surface area contributed by atoms with E-state index in [2.05, 4.69) is 10.1 Å². The molecule has 5 nitrogen and oxygen atoms in total. The molecule has 0 N–H and O–H groups in total. The summed E-state index contributed by atoms with van der Waals surface area (Å²) in [5, 5.41) is 3.85. The third-order valence-corrected chi connectivity index (χ3v) is 1.28. The Morgan fingerprint density at radius 2 is 2.64 bits per heavy atom. The molecule has 2 aromatic heterocycles. The first-order valence-corrected chi connectivity index (χ1v) is 2.90. The largest absolute Gasteiger partial charge is 0.443 e. The minimum absolute atomic E-state index is 0.394. The molecule has 2 aromatic rings. The summed E-state index contributed by atoms with van der Waals surface area (Å²) >= 11 is 0. The standard InChI is InChI=1S/C6H3N3O2/c10-4-7-5-3-8-9-1-2-11-6(5)9/h1-3H. The lowest BCUT2D eigenvalue weighted by Crippen LogP contribution is -1.74. The highest BCUT2D eigenvalue weighted by Crippen LogP contribution is 2.18. The average molecular weight is 149 g/mol. The fourth-order valence-corrected chi connectivity index (χ4v) is 0.841. The van der Waals surface area contributed by atoms with Crippen LogP contribution in [0.25, 0.3) is 5.71 Å². The predicted molar refractivity (Wildman–Crippen MR) is 35.2 cm³/mol. The number of rotatable bonds is 1. The monoisotopic (exact) mass is 149 g/mol. The highest BCUT2D eigenvalue weighted by atomic mass is 16.3. The molecule has 0 saturated heterocycles. The van der Waals surface area contributed by atoms with E-state index in [1.54, 1.807) is 6.20 Å². The first kappa shape index (κ1) is 5.88. The van der Waals surface area contributed by atoms with E-state index in [4.69, 9.17) is 4.42 Å². The normalized spacial score (nSPS) is 9.82. The molecule has 5 heteroatoms. The van der Waals surface area contributed by atoms with Gasteiger partial charge in [-0.25, -0.2) is 9.31 Å². The van der Waals surface area contributed by atoms with E-state index in [0.29, 0.717) is 11.4 Å². The Morgan fingerprint density at radius 1 is 1.73 bits per heavy atom. The highest BCUT2D eigenvalue weighted by molar-refractivity contribution is 5.64. The second-order valence-corrected chi connectivity index (χ2v) is 1.89. The number of aliphatic imine (C=N–C) groups is 1. The molecule has 2 heterocycles. The molecule has 0 aliphatic rings. The first-order chi connectivity index (χ1) is 5.42. The van der Waals surface area contributed by atoms with Crippen molar-refractivity contribution >= 4 is 17.5 Å². The van der Waals surface area contributed by atoms with Crippen molar-refractivity contribution in [2.24, 2.45) is 4.99 Å². The SMILES string of the molecule is O=C=Nc1cnn2ccoc12. The topological polar surface area (TPSA) is 59.9 Å². The van der Waals surface area contributed by atoms with Gasteiger partial charge in [0.1, 0.15) is 6.26 Å². The molecule has 0 spiro atoms. The zero-order chi connectivity index (χ0) is 7.68. The molecule has 2 rings (SSSR count). The summed E-state index contributed by atoms with van der Waals surface area (Å²) in [5.74, 6) is 0. The minimum Gasteiger partial charge on any atom is -0.443 e. The van der Waals surface area contributed by atoms with Crippen LogP contribution in [0.3, 0.4) is 0 Å². The summed E-state index contributed by atoms with van der Waals surface area (Å²) < 4.78 is 6.45. The van der Waals surface area contributed by atoms with E-state index in [9.17, 15) is 4.79 Å². The van der Waals surface area contributed by atoms with Gasteiger partial charge in [0.25, 0.3) is 0 Å². The van der Waals surface area contributed by atoms with Gasteiger partial charge in [-0.3, -0.25) is 0 Å². The lowest BCUT2D eigenvalue weighted by molar-refractivity contribution is 0.565. The molecular weight excluding hydrogens is 146 g/mol. The first-order valence-electron chi connectivity index (χ1n) is 2.90. The van der Waals surface area contributed by atoms with E-state index >= 15 is 0 Å². The van der Waals surface area contributed by atoms with Gasteiger partial charge in [0.2, 0.25) is 11.8 Å². The fraction of sp³-hybridized carbons (Fsp3) is 0. The van der Waals surface area contributed by atoms with Crippen LogP contribution >= 0.6 is 0 Å². The van der Waals surface area contributed by atoms with Crippen molar-refractivity contribution < 1.29 is 9.21 Å². The van der Waals surface area contributed by atoms with Gasteiger partial charge in [-0.1, -0.05) is 0 Å². The molecule has 0 saturated carbocycles. The summed E-state index contributed by atoms with van der Waals surface area (Å²) in [6, 6.07) is 0. The van der Waals surface area contributed by atoms with Gasteiger partial charge in [0.05, 0.1) is 12.4 Å². The number of aromatic nitrogens is 2. The zero-order valence-electron chi connectivity index (χ0n) is 5.39. The van der Waals surface area contributed by atoms with E-state index < -0.39 is 0 Å². The Hall–Kier alpha value is -1.87. The molecule has 0 aliphatic heterocycles. The number of hydrogen-bond donors (Lipinski definition) is 0. The van der Waals surface area contributed by atoms with Crippen LogP contribution in [-0.4, -0.2) is 15.7 Å². The molecule has 0 fully saturated rings. The van der Waals surface area contributed by atoms with E-state index in [0.717, 1.165) is 0 Å². The molecule has 0 amide bonds. The van der Waals surface area contributed by atoms with Crippen molar-refractivity contribution in [1.29, 1.82) is 0 Å². The summed E-state index contributed by atoms with van der Waals surface area (Å²) in [6.07, 6.45) is 5.94. The lowest BCUT2D eigenvalue weighted by atomic mass is 10.6. The number of oxazole rings is 1. The van der Waals surface area contributed by atoms with Gasteiger partial charge in [0.15, 0.2) is 5.69 Å². The van der Waals surface area contributed by atoms with Gasteiger partial charge in [-0.15, -0.1) is 0 Å². The maximum atomic E-state index is 9.87. The van der Waals surface area contributed by atoms with Gasteiger partial charge in [-0.2, -0.15) is 10.1 Å². The average Bonchev–Trinajstić information content (AvgIpc) is 2.53. The maximum absolute atomic E-state index is 9.87. The highest BCUT2D eigenvalue weighted by Gasteiger charge is 2.03. The number of fused-ring (bicyclic) bond motifs is 1. The van der Waals surface area contributed by atoms with E-state index in [1.807, 2.05) is 0 Å². The van der Waals surface area contributed by atoms with Crippen LogP contribution in [0.15, 0.2) is 28.1 Å². The van der Waals surface area contributed by atoms with E-state index in [-0.39, 0.29) is 0 Å². The Balaban J connectivity index is 2.77. The van der Waals surface area contributed by atoms with Gasteiger partial charge in [0, 0.05) is 0 Å². The van der Waals surface area contributed by atoms with Crippen molar-refractivity contribution in [2.45, 2.75) is 0 Å². The van der Waals surface area contributed by atoms with Crippen molar-refractivity contribution in [3.63, 3.8) is 0 Å². The van der Waals surface area contributed by atoms with Crippen LogP contribution in [0.2, 0.25) is 0 Å². The molecule has 0 unspecified atom stereocenters. The summed E-state index contributed by atoms with van der Waals surface area (Å²) in [6.45, 7) is 0. The van der Waals surface area contributed by atoms with Crippen LogP contribution in [0.1, 0.15) is 0 Å². The van der Waals surface area contributed by atoms with Crippen LogP contribution in [0.5, 0.6) is 0 Å². The summed E-state index contributed by atoms with van der Waals surface area (Å²) in [7, 11) is 0. The Labute approximate surface area is 61.0 Å². The number of nitrogens with zero attached hydrogens (tertiary/aromatic N) is 3. The molecule has 0 aliphatic carbocycles. The quantitative estimate of drug-likeness (QED) is 0.447. The molecule has 11 heavy (non-hydrogen) atoms. The smallest absolute Gasteiger partial charge is 0.248 e. The molecule has 0 radical (unpaired) electrons. The van der Waals surface area contributed by atoms with Crippen molar-refractivity contribution in [1.82, 2.24) is 9.61 Å². The Kier molecular flexibility index (Phi) is 1.11. The van der Waals surface area contributed by atoms with Crippen LogP contribution in [0, 0.1) is 0 Å². The third-order valence-electron chi connectivity index (χ3n) is 1.28. The zero-order valence-corrected chi connectivity index (χ0v) is 5.39. The van der Waals surface area contributed by atoms with Gasteiger partial charge in [-0.05, 0) is 0 Å². The van der Waals surface area contributed by atoms with Crippen LogP contribution in [0.4, 0.5) is 5.69 Å². The Bertz CT molecular complexity index is 422. The second-order valence-electron chi connectivity index (χ2n) is 1.89. The lowest BCUT2D eigenvalue weighted by Gasteiger charge is -1.76. The molecule has 0 atom stereocenters. The fourth-order valence-electron chi connectivity index (χ4n) is 0.841. The number of isocyanates is 1. The van der Waals surface area contributed by atoms with Crippen LogP contribution in [-0.2, 0) is 4.79 Å². The Morgan fingerprint density at radius 3 is 3.45 bits per heavy atom. The predicted octanol–water partition coefficient (Wildman–Crippen LogP) is 0.895. The summed E-state index contributed by atoms with van der Waals surface area (Å²) in [5.41, 5.74) is 0.846. The molecule has 0 aromatic carbocycles. The molecular formula is C6H3N3O2. The van der Waals surface area contributed by atoms with Gasteiger partial charge >= 0.3 is 0 Å². The van der Waals surface area contributed by atoms with Crippen LogP contribution < -0.4 is 0 Å². The van der Waals surface area contributed by atoms with Gasteiger partial charge < -0.3 is 4.42 Å². The molecule has 0 bridgehead atoms. The summed E-state index contributed by atoms with van der Waals surface area (Å²) in [4.78, 5) is 13.3. The number of carbonyl (C=O) groups excluding carboxylic acids is 1. The maximum Gasteiger partial charge on any atom is 0.248 e.